The topological polar surface area (TPSA) is 12.0 Å². The van der Waals surface area contributed by atoms with Crippen LogP contribution in [-0.4, -0.2) is 7.05 Å². The van der Waals surface area contributed by atoms with Crippen molar-refractivity contribution in [2.24, 2.45) is 5.41 Å². The average molecular weight is 267 g/mol. The van der Waals surface area contributed by atoms with Gasteiger partial charge in [0.25, 0.3) is 0 Å². The lowest BCUT2D eigenvalue weighted by Gasteiger charge is -2.27. The van der Waals surface area contributed by atoms with Gasteiger partial charge in [-0.15, -0.1) is 0 Å². The van der Waals surface area contributed by atoms with Gasteiger partial charge >= 0.3 is 0 Å². The summed E-state index contributed by atoms with van der Waals surface area (Å²) in [5.41, 5.74) is 4.89. The number of rotatable bonds is 1. The number of hydrogen-bond donors (Lipinski definition) is 1. The third kappa shape index (κ3) is 2.25. The second kappa shape index (κ2) is 4.89. The number of hydrogen-bond acceptors (Lipinski definition) is 1. The molecule has 1 N–H and O–H groups in total. The second-order valence-corrected chi connectivity index (χ2v) is 7.02. The summed E-state index contributed by atoms with van der Waals surface area (Å²) in [5, 5.41) is 6.42. The zero-order valence-electron chi connectivity index (χ0n) is 13.1. The van der Waals surface area contributed by atoms with E-state index in [-0.39, 0.29) is 0 Å². The molecule has 1 aliphatic carbocycles. The Hall–Kier alpha value is -1.34. The number of benzene rings is 2. The van der Waals surface area contributed by atoms with Gasteiger partial charge in [0, 0.05) is 6.04 Å². The lowest BCUT2D eigenvalue weighted by Crippen LogP contribution is -2.22. The van der Waals surface area contributed by atoms with E-state index in [1.807, 2.05) is 0 Å². The molecule has 0 heterocycles. The molecule has 1 atom stereocenters. The van der Waals surface area contributed by atoms with Crippen molar-refractivity contribution in [3.05, 3.63) is 47.0 Å². The first kappa shape index (κ1) is 13.6. The summed E-state index contributed by atoms with van der Waals surface area (Å²) in [4.78, 5) is 0. The first-order valence-electron chi connectivity index (χ1n) is 7.70. The van der Waals surface area contributed by atoms with Crippen molar-refractivity contribution in [1.29, 1.82) is 0 Å². The molecule has 1 unspecified atom stereocenters. The number of aryl methyl sites for hydroxylation is 2. The number of fused-ring (bicyclic) bond motifs is 3. The van der Waals surface area contributed by atoms with Crippen molar-refractivity contribution in [3.63, 3.8) is 0 Å². The van der Waals surface area contributed by atoms with Gasteiger partial charge in [-0.1, -0.05) is 44.2 Å². The molecule has 0 amide bonds. The first-order chi connectivity index (χ1) is 9.52. The van der Waals surface area contributed by atoms with E-state index in [4.69, 9.17) is 0 Å². The summed E-state index contributed by atoms with van der Waals surface area (Å²) in [6.07, 6.45) is 3.68. The molecule has 20 heavy (non-hydrogen) atoms. The third-order valence-corrected chi connectivity index (χ3v) is 4.93. The van der Waals surface area contributed by atoms with Gasteiger partial charge in [0.2, 0.25) is 0 Å². The maximum absolute atomic E-state index is 3.55. The lowest BCUT2D eigenvalue weighted by atomic mass is 9.83. The monoisotopic (exact) mass is 267 g/mol. The average Bonchev–Trinajstić information content (AvgIpc) is 2.56. The Kier molecular flexibility index (Phi) is 3.33. The molecule has 0 radical (unpaired) electrons. The summed E-state index contributed by atoms with van der Waals surface area (Å²) in [6, 6.07) is 11.8. The van der Waals surface area contributed by atoms with Gasteiger partial charge in [0.15, 0.2) is 0 Å². The fourth-order valence-electron chi connectivity index (χ4n) is 3.72. The van der Waals surface area contributed by atoms with Gasteiger partial charge in [0.1, 0.15) is 0 Å². The van der Waals surface area contributed by atoms with Crippen LogP contribution in [0.3, 0.4) is 0 Å². The van der Waals surface area contributed by atoms with Crippen LogP contribution in [0.25, 0.3) is 10.8 Å². The first-order valence-corrected chi connectivity index (χ1v) is 7.70. The SMILES string of the molecule is CNC1CC(C)(C)CCc2c1cc(C)c1ccccc21. The van der Waals surface area contributed by atoms with Crippen LogP contribution in [0, 0.1) is 12.3 Å². The fourth-order valence-corrected chi connectivity index (χ4v) is 3.72. The molecule has 1 aliphatic rings. The fraction of sp³-hybridized carbons (Fsp3) is 0.474. The van der Waals surface area contributed by atoms with Crippen LogP contribution < -0.4 is 5.32 Å². The molecule has 0 bridgehead atoms. The Morgan fingerprint density at radius 3 is 2.55 bits per heavy atom. The Morgan fingerprint density at radius 1 is 1.15 bits per heavy atom. The van der Waals surface area contributed by atoms with Crippen molar-refractivity contribution < 1.29 is 0 Å². The van der Waals surface area contributed by atoms with Gasteiger partial charge in [0.05, 0.1) is 0 Å². The van der Waals surface area contributed by atoms with Crippen LogP contribution in [0.4, 0.5) is 0 Å². The highest BCUT2D eigenvalue weighted by molar-refractivity contribution is 5.89. The van der Waals surface area contributed by atoms with Gasteiger partial charge in [-0.2, -0.15) is 0 Å². The van der Waals surface area contributed by atoms with Gasteiger partial charge in [-0.05, 0) is 66.1 Å². The number of nitrogens with one attached hydrogen (secondary N) is 1. The van der Waals surface area contributed by atoms with E-state index in [9.17, 15) is 0 Å². The Balaban J connectivity index is 2.26. The molecule has 1 heteroatoms. The quantitative estimate of drug-likeness (QED) is 0.734. The minimum Gasteiger partial charge on any atom is -0.313 e. The van der Waals surface area contributed by atoms with Crippen molar-refractivity contribution in [1.82, 2.24) is 5.32 Å². The van der Waals surface area contributed by atoms with Gasteiger partial charge in [-0.3, -0.25) is 0 Å². The Morgan fingerprint density at radius 2 is 1.85 bits per heavy atom. The molecule has 0 spiro atoms. The highest BCUT2D eigenvalue weighted by Crippen LogP contribution is 2.42. The van der Waals surface area contributed by atoms with E-state index in [1.165, 1.54) is 41.2 Å². The van der Waals surface area contributed by atoms with Crippen molar-refractivity contribution in [2.75, 3.05) is 7.05 Å². The normalized spacial score (nSPS) is 21.5. The summed E-state index contributed by atoms with van der Waals surface area (Å²) in [6.45, 7) is 7.04. The Bertz CT molecular complexity index is 640. The predicted molar refractivity (Wildman–Crippen MR) is 87.2 cm³/mol. The van der Waals surface area contributed by atoms with Crippen LogP contribution in [0.15, 0.2) is 30.3 Å². The van der Waals surface area contributed by atoms with Crippen LogP contribution in [0.1, 0.15) is 49.4 Å². The summed E-state index contributed by atoms with van der Waals surface area (Å²) in [7, 11) is 2.10. The van der Waals surface area contributed by atoms with Crippen LogP contribution in [-0.2, 0) is 6.42 Å². The molecule has 2 aromatic carbocycles. The summed E-state index contributed by atoms with van der Waals surface area (Å²) >= 11 is 0. The standard InChI is InChI=1S/C19H25N/c1-13-11-17-16(15-8-6-5-7-14(13)15)9-10-19(2,3)12-18(17)20-4/h5-8,11,18,20H,9-10,12H2,1-4H3. The molecular formula is C19H25N. The van der Waals surface area contributed by atoms with E-state index >= 15 is 0 Å². The van der Waals surface area contributed by atoms with E-state index in [0.29, 0.717) is 11.5 Å². The van der Waals surface area contributed by atoms with E-state index in [0.717, 1.165) is 0 Å². The van der Waals surface area contributed by atoms with E-state index in [1.54, 1.807) is 5.56 Å². The smallest absolute Gasteiger partial charge is 0.0325 e. The van der Waals surface area contributed by atoms with Gasteiger partial charge < -0.3 is 5.32 Å². The molecule has 0 saturated heterocycles. The van der Waals surface area contributed by atoms with Crippen molar-refractivity contribution in [3.8, 4) is 0 Å². The molecule has 0 fully saturated rings. The highest BCUT2D eigenvalue weighted by Gasteiger charge is 2.29. The van der Waals surface area contributed by atoms with Crippen LogP contribution in [0.5, 0.6) is 0 Å². The third-order valence-electron chi connectivity index (χ3n) is 4.93. The van der Waals surface area contributed by atoms with E-state index < -0.39 is 0 Å². The molecule has 2 aromatic rings. The molecule has 0 saturated carbocycles. The van der Waals surface area contributed by atoms with Crippen LogP contribution in [0.2, 0.25) is 0 Å². The minimum absolute atomic E-state index is 0.404. The largest absolute Gasteiger partial charge is 0.313 e. The molecule has 1 nitrogen and oxygen atoms in total. The summed E-state index contributed by atoms with van der Waals surface area (Å²) < 4.78 is 0. The maximum atomic E-state index is 3.55. The highest BCUT2D eigenvalue weighted by atomic mass is 14.9. The van der Waals surface area contributed by atoms with Gasteiger partial charge in [-0.25, -0.2) is 0 Å². The van der Waals surface area contributed by atoms with E-state index in [2.05, 4.69) is 63.5 Å². The molecule has 0 aromatic heterocycles. The Labute approximate surface area is 122 Å². The second-order valence-electron chi connectivity index (χ2n) is 7.02. The van der Waals surface area contributed by atoms with Crippen LogP contribution >= 0.6 is 0 Å². The minimum atomic E-state index is 0.404. The zero-order chi connectivity index (χ0) is 14.3. The maximum Gasteiger partial charge on any atom is 0.0325 e. The molecular weight excluding hydrogens is 242 g/mol. The molecule has 3 rings (SSSR count). The molecule has 0 aliphatic heterocycles. The lowest BCUT2D eigenvalue weighted by molar-refractivity contribution is 0.279. The van der Waals surface area contributed by atoms with Crippen molar-refractivity contribution in [2.45, 2.75) is 46.1 Å². The molecule has 106 valence electrons. The zero-order valence-corrected chi connectivity index (χ0v) is 13.1. The predicted octanol–water partition coefficient (Wildman–Crippen LogP) is 4.77. The summed E-state index contributed by atoms with van der Waals surface area (Å²) in [5.74, 6) is 0. The van der Waals surface area contributed by atoms with Crippen molar-refractivity contribution >= 4 is 10.8 Å².